The molecular weight excluding hydrogens is 671 g/mol. The molecule has 0 spiro atoms. The van der Waals surface area contributed by atoms with Crippen LogP contribution < -0.4 is 5.32 Å². The number of carbonyl (C=O) groups is 2. The summed E-state index contributed by atoms with van der Waals surface area (Å²) in [6, 6.07) is 0. The number of fused-ring (bicyclic) bond motifs is 7. The Bertz CT molecular complexity index is 1260. The van der Waals surface area contributed by atoms with Crippen molar-refractivity contribution in [2.24, 2.45) is 56.7 Å². The molecule has 2 unspecified atom stereocenters. The van der Waals surface area contributed by atoms with Gasteiger partial charge in [0.2, 0.25) is 5.91 Å². The minimum atomic E-state index is -0.717. The van der Waals surface area contributed by atoms with Crippen LogP contribution in [0.15, 0.2) is 12.2 Å². The van der Waals surface area contributed by atoms with Crippen LogP contribution in [0.2, 0.25) is 0 Å². The minimum Gasteiger partial charge on any atom is -0.481 e. The maximum absolute atomic E-state index is 14.6. The molecule has 52 heavy (non-hydrogen) atoms. The average Bonchev–Trinajstić information content (AvgIpc) is 3.50. The van der Waals surface area contributed by atoms with Crippen LogP contribution in [0.25, 0.3) is 0 Å². The molecule has 0 radical (unpaired) electrons. The van der Waals surface area contributed by atoms with Gasteiger partial charge in [0, 0.05) is 24.5 Å². The van der Waals surface area contributed by atoms with Crippen molar-refractivity contribution in [3.8, 4) is 0 Å². The Morgan fingerprint density at radius 3 is 2.15 bits per heavy atom. The number of hydrogen-bond donors (Lipinski definition) is 5. The molecule has 0 saturated heterocycles. The van der Waals surface area contributed by atoms with Crippen LogP contribution in [0.5, 0.6) is 0 Å². The third-order valence-electron chi connectivity index (χ3n) is 16.8. The molecule has 1 amide bonds. The molecule has 0 aromatic carbocycles. The van der Waals surface area contributed by atoms with Crippen molar-refractivity contribution in [2.75, 3.05) is 24.7 Å². The summed E-state index contributed by atoms with van der Waals surface area (Å²) >= 11 is 1.66. The van der Waals surface area contributed by atoms with Crippen LogP contribution >= 0.6 is 11.8 Å². The number of amides is 1. The number of aliphatic carboxylic acids is 1. The number of carboxylic acid groups (broad SMARTS) is 1. The number of rotatable bonds is 18. The first-order chi connectivity index (χ1) is 24.6. The topological polar surface area (TPSA) is 127 Å². The van der Waals surface area contributed by atoms with E-state index in [1.165, 1.54) is 31.3 Å². The molecule has 298 valence electrons. The maximum atomic E-state index is 14.6. The molecule has 5 aliphatic carbocycles. The molecule has 11 atom stereocenters. The van der Waals surface area contributed by atoms with E-state index in [1.807, 2.05) is 0 Å². The smallest absolute Gasteiger partial charge is 0.303 e. The normalized spacial score (nSPS) is 39.8. The molecule has 8 heteroatoms. The summed E-state index contributed by atoms with van der Waals surface area (Å²) in [5, 5.41) is 42.9. The molecule has 5 rings (SSSR count). The average molecular weight is 746 g/mol. The fourth-order valence-electron chi connectivity index (χ4n) is 13.8. The monoisotopic (exact) mass is 746 g/mol. The summed E-state index contributed by atoms with van der Waals surface area (Å²) < 4.78 is 0. The molecule has 7 nitrogen and oxygen atoms in total. The van der Waals surface area contributed by atoms with Crippen LogP contribution in [0.3, 0.4) is 0 Å². The van der Waals surface area contributed by atoms with Crippen molar-refractivity contribution in [2.45, 2.75) is 169 Å². The van der Waals surface area contributed by atoms with E-state index in [0.29, 0.717) is 29.4 Å². The number of thioether (sulfide) groups is 1. The molecule has 0 aromatic heterocycles. The van der Waals surface area contributed by atoms with Crippen LogP contribution in [-0.2, 0) is 9.59 Å². The van der Waals surface area contributed by atoms with E-state index < -0.39 is 12.1 Å². The van der Waals surface area contributed by atoms with E-state index in [2.05, 4.69) is 46.5 Å². The second-order valence-electron chi connectivity index (χ2n) is 19.6. The van der Waals surface area contributed by atoms with E-state index in [-0.39, 0.29) is 58.0 Å². The van der Waals surface area contributed by atoms with Gasteiger partial charge in [-0.15, -0.1) is 0 Å². The lowest BCUT2D eigenvalue weighted by atomic mass is 9.32. The highest BCUT2D eigenvalue weighted by Crippen LogP contribution is 2.77. The third-order valence-corrected chi connectivity index (χ3v) is 18.0. The SMILES string of the molecule is C=C(CSCC(O)CO)[C@@H]1CC[C@]2(C(=O)NCCCCCCCCCCC(=O)O)CC[C@]3(C)[C@H](CCC4[C@@]5(C)CC[C@H](O)C(C)(C)[C@@H]5CC[C@]43C)[C@@H]12. The van der Waals surface area contributed by atoms with Gasteiger partial charge in [-0.2, -0.15) is 11.8 Å². The molecule has 5 N–H and O–H groups in total. The molecule has 0 bridgehead atoms. The van der Waals surface area contributed by atoms with Crippen LogP contribution in [-0.4, -0.2) is 69.2 Å². The number of nitrogens with one attached hydrogen (secondary N) is 1. The molecule has 0 heterocycles. The first kappa shape index (κ1) is 42.1. The van der Waals surface area contributed by atoms with Gasteiger partial charge in [0.25, 0.3) is 0 Å². The molecular formula is C44H75NO6S. The Hall–Kier alpha value is -1.09. The zero-order chi connectivity index (χ0) is 38.0. The Balaban J connectivity index is 1.29. The highest BCUT2D eigenvalue weighted by Gasteiger charge is 2.71. The predicted octanol–water partition coefficient (Wildman–Crippen LogP) is 8.78. The van der Waals surface area contributed by atoms with Crippen molar-refractivity contribution >= 4 is 23.6 Å². The highest BCUT2D eigenvalue weighted by atomic mass is 32.2. The van der Waals surface area contributed by atoms with Gasteiger partial charge >= 0.3 is 5.97 Å². The Morgan fingerprint density at radius 1 is 0.808 bits per heavy atom. The number of hydrogen-bond acceptors (Lipinski definition) is 6. The zero-order valence-electron chi connectivity index (χ0n) is 33.5. The number of unbranched alkanes of at least 4 members (excludes halogenated alkanes) is 7. The number of aliphatic hydroxyl groups excluding tert-OH is 3. The highest BCUT2D eigenvalue weighted by molar-refractivity contribution is 7.99. The molecule has 0 aromatic rings. The maximum Gasteiger partial charge on any atom is 0.303 e. The number of carbonyl (C=O) groups excluding carboxylic acids is 1. The second-order valence-corrected chi connectivity index (χ2v) is 20.6. The third kappa shape index (κ3) is 7.81. The lowest BCUT2D eigenvalue weighted by molar-refractivity contribution is -0.246. The van der Waals surface area contributed by atoms with E-state index in [0.717, 1.165) is 102 Å². The number of carboxylic acids is 1. The summed E-state index contributed by atoms with van der Waals surface area (Å²) in [7, 11) is 0. The zero-order valence-corrected chi connectivity index (χ0v) is 34.3. The van der Waals surface area contributed by atoms with Crippen LogP contribution in [0.4, 0.5) is 0 Å². The van der Waals surface area contributed by atoms with Crippen LogP contribution in [0.1, 0.15) is 157 Å². The van der Waals surface area contributed by atoms with Gasteiger partial charge in [-0.05, 0) is 128 Å². The van der Waals surface area contributed by atoms with Gasteiger partial charge in [-0.25, -0.2) is 0 Å². The molecule has 5 fully saturated rings. The Labute approximate surface area is 320 Å². The van der Waals surface area contributed by atoms with Crippen molar-refractivity contribution in [3.63, 3.8) is 0 Å². The van der Waals surface area contributed by atoms with Gasteiger partial charge in [0.05, 0.1) is 24.2 Å². The lowest BCUT2D eigenvalue weighted by Gasteiger charge is -2.72. The van der Waals surface area contributed by atoms with Gasteiger partial charge in [-0.1, -0.05) is 85.3 Å². The summed E-state index contributed by atoms with van der Waals surface area (Å²) in [4.78, 5) is 25.3. The first-order valence-corrected chi connectivity index (χ1v) is 22.5. The fourth-order valence-corrected chi connectivity index (χ4v) is 14.7. The molecule has 0 aliphatic heterocycles. The van der Waals surface area contributed by atoms with Crippen LogP contribution in [0, 0.1) is 56.7 Å². The minimum absolute atomic E-state index is 0.0647. The van der Waals surface area contributed by atoms with E-state index >= 15 is 0 Å². The van der Waals surface area contributed by atoms with Crippen molar-refractivity contribution < 1.29 is 30.0 Å². The van der Waals surface area contributed by atoms with Gasteiger partial charge in [-0.3, -0.25) is 9.59 Å². The second kappa shape index (κ2) is 17.0. The first-order valence-electron chi connectivity index (χ1n) is 21.3. The quantitative estimate of drug-likeness (QED) is 0.0702. The van der Waals surface area contributed by atoms with Crippen molar-refractivity contribution in [1.29, 1.82) is 0 Å². The lowest BCUT2D eigenvalue weighted by Crippen LogP contribution is -2.67. The largest absolute Gasteiger partial charge is 0.481 e. The van der Waals surface area contributed by atoms with Crippen molar-refractivity contribution in [1.82, 2.24) is 5.32 Å². The van der Waals surface area contributed by atoms with Crippen molar-refractivity contribution in [3.05, 3.63) is 12.2 Å². The van der Waals surface area contributed by atoms with Gasteiger partial charge in [0.15, 0.2) is 0 Å². The fraction of sp³-hybridized carbons (Fsp3) is 0.909. The summed E-state index contributed by atoms with van der Waals surface area (Å²) in [6.07, 6.45) is 18.5. The summed E-state index contributed by atoms with van der Waals surface area (Å²) in [5.74, 6) is 3.01. The summed E-state index contributed by atoms with van der Waals surface area (Å²) in [5.41, 5.74) is 1.34. The van der Waals surface area contributed by atoms with E-state index in [9.17, 15) is 24.9 Å². The van der Waals surface area contributed by atoms with E-state index in [1.54, 1.807) is 11.8 Å². The Kier molecular flexibility index (Phi) is 13.7. The Morgan fingerprint density at radius 2 is 1.48 bits per heavy atom. The van der Waals surface area contributed by atoms with Gasteiger partial charge < -0.3 is 25.7 Å². The van der Waals surface area contributed by atoms with E-state index in [4.69, 9.17) is 5.11 Å². The molecule has 5 saturated carbocycles. The summed E-state index contributed by atoms with van der Waals surface area (Å²) in [6.45, 7) is 17.7. The standard InChI is InChI=1S/C44H75NO6S/c1-30(28-52-29-31(47)27-46)32-18-23-44(39(51)45-26-14-12-10-8-7-9-11-13-15-37(49)50)25-24-42(5)33(38(32)44)16-17-35-41(4)21-20-36(48)40(2,3)34(41)19-22-43(35,42)6/h31-36,38,46-48H,1,7-29H2,2-6H3,(H,45,51)(H,49,50)/t31?,32-,33+,34-,35?,36-,38+,41-,42+,43+,44-/m0/s1. The van der Waals surface area contributed by atoms with Gasteiger partial charge in [0.1, 0.15) is 0 Å². The predicted molar refractivity (Wildman–Crippen MR) is 212 cm³/mol. The number of aliphatic hydroxyl groups is 3. The molecule has 5 aliphatic rings.